The third-order valence-corrected chi connectivity index (χ3v) is 4.11. The van der Waals surface area contributed by atoms with E-state index in [4.69, 9.17) is 11.6 Å². The summed E-state index contributed by atoms with van der Waals surface area (Å²) in [5, 5.41) is 11.0. The molecule has 0 bridgehead atoms. The van der Waals surface area contributed by atoms with Gasteiger partial charge in [-0.3, -0.25) is 4.72 Å². The highest BCUT2D eigenvalue weighted by Crippen LogP contribution is 2.19. The summed E-state index contributed by atoms with van der Waals surface area (Å²) < 4.78 is 26.5. The molecule has 0 saturated carbocycles. The van der Waals surface area contributed by atoms with Crippen LogP contribution in [-0.2, 0) is 10.0 Å². The van der Waals surface area contributed by atoms with E-state index in [9.17, 15) is 18.3 Å². The van der Waals surface area contributed by atoms with E-state index in [2.05, 4.69) is 4.72 Å². The number of rotatable bonds is 4. The molecule has 1 N–H and O–H groups in total. The van der Waals surface area contributed by atoms with Crippen LogP contribution in [-0.4, -0.2) is 14.4 Å². The Morgan fingerprint density at radius 2 is 1.75 bits per heavy atom. The predicted molar refractivity (Wildman–Crippen MR) is 73.0 cm³/mol. The van der Waals surface area contributed by atoms with Gasteiger partial charge in [0, 0.05) is 5.02 Å². The number of sulfonamides is 1. The molecule has 0 aliphatic carbocycles. The summed E-state index contributed by atoms with van der Waals surface area (Å²) in [7, 11) is -3.79. The fourth-order valence-electron chi connectivity index (χ4n) is 1.54. The lowest BCUT2D eigenvalue weighted by Gasteiger charge is -2.09. The molecule has 0 saturated heterocycles. The second-order valence-electron chi connectivity index (χ2n) is 3.93. The maximum absolute atomic E-state index is 12.1. The van der Waals surface area contributed by atoms with Gasteiger partial charge in [0.1, 0.15) is 0 Å². The highest BCUT2D eigenvalue weighted by molar-refractivity contribution is 7.92. The summed E-state index contributed by atoms with van der Waals surface area (Å²) in [6, 6.07) is 11.0. The van der Waals surface area contributed by atoms with Crippen molar-refractivity contribution < 1.29 is 18.3 Å². The van der Waals surface area contributed by atoms with Gasteiger partial charge in [0.25, 0.3) is 10.0 Å². The summed E-state index contributed by atoms with van der Waals surface area (Å²) in [5.74, 6) is -1.36. The van der Waals surface area contributed by atoms with Crippen molar-refractivity contribution in [2.45, 2.75) is 4.90 Å². The molecule has 0 fully saturated rings. The molecule has 0 unspecified atom stereocenters. The molecule has 0 aliphatic rings. The van der Waals surface area contributed by atoms with Crippen molar-refractivity contribution in [1.29, 1.82) is 0 Å². The molecule has 104 valence electrons. The van der Waals surface area contributed by atoms with E-state index in [-0.39, 0.29) is 10.5 Å². The van der Waals surface area contributed by atoms with Crippen LogP contribution in [0.25, 0.3) is 0 Å². The van der Waals surface area contributed by atoms with Crippen LogP contribution in [0.1, 0.15) is 10.4 Å². The highest BCUT2D eigenvalue weighted by Gasteiger charge is 2.14. The molecular weight excluding hydrogens is 302 g/mol. The molecule has 20 heavy (non-hydrogen) atoms. The number of halogens is 1. The summed E-state index contributed by atoms with van der Waals surface area (Å²) in [6.45, 7) is 0. The number of aromatic carboxylic acids is 1. The standard InChI is InChI=1S/C13H10ClNO4S/c14-10-2-1-3-11(8-10)15-20(18,19)12-6-4-9(5-7-12)13(16)17/h1-8,15H,(H,16,17)/p-1. The van der Waals surface area contributed by atoms with Gasteiger partial charge < -0.3 is 9.90 Å². The smallest absolute Gasteiger partial charge is 0.261 e. The third-order valence-electron chi connectivity index (χ3n) is 2.48. The summed E-state index contributed by atoms with van der Waals surface area (Å²) in [4.78, 5) is 10.5. The Labute approximate surface area is 120 Å². The van der Waals surface area contributed by atoms with Crippen LogP contribution in [0.4, 0.5) is 5.69 Å². The fourth-order valence-corrected chi connectivity index (χ4v) is 2.78. The fraction of sp³-hybridized carbons (Fsp3) is 0. The molecule has 0 radical (unpaired) electrons. The van der Waals surface area contributed by atoms with Gasteiger partial charge in [-0.25, -0.2) is 8.42 Å². The van der Waals surface area contributed by atoms with E-state index >= 15 is 0 Å². The van der Waals surface area contributed by atoms with Gasteiger partial charge in [0.2, 0.25) is 0 Å². The number of hydrogen-bond acceptors (Lipinski definition) is 4. The average molecular weight is 311 g/mol. The number of carboxylic acid groups (broad SMARTS) is 1. The maximum atomic E-state index is 12.1. The van der Waals surface area contributed by atoms with Gasteiger partial charge in [-0.05, 0) is 35.9 Å². The van der Waals surface area contributed by atoms with E-state index in [1.165, 1.54) is 30.3 Å². The molecular formula is C13H9ClNO4S-. The predicted octanol–water partition coefficient (Wildman–Crippen LogP) is 1.50. The van der Waals surface area contributed by atoms with Crippen molar-refractivity contribution in [3.63, 3.8) is 0 Å². The minimum Gasteiger partial charge on any atom is -0.545 e. The van der Waals surface area contributed by atoms with Gasteiger partial charge in [-0.1, -0.05) is 29.8 Å². The Kier molecular flexibility index (Phi) is 3.96. The Morgan fingerprint density at radius 3 is 2.30 bits per heavy atom. The first-order chi connectivity index (χ1) is 9.38. The molecule has 5 nitrogen and oxygen atoms in total. The number of carbonyl (C=O) groups is 1. The number of hydrogen-bond donors (Lipinski definition) is 1. The third kappa shape index (κ3) is 3.28. The van der Waals surface area contributed by atoms with Gasteiger partial charge >= 0.3 is 0 Å². The van der Waals surface area contributed by atoms with Crippen LogP contribution in [0.15, 0.2) is 53.4 Å². The molecule has 2 aromatic carbocycles. The zero-order chi connectivity index (χ0) is 14.8. The van der Waals surface area contributed by atoms with E-state index in [1.807, 2.05) is 0 Å². The van der Waals surface area contributed by atoms with Crippen molar-refractivity contribution in [3.05, 3.63) is 59.1 Å². The lowest BCUT2D eigenvalue weighted by Crippen LogP contribution is -2.22. The quantitative estimate of drug-likeness (QED) is 0.927. The molecule has 0 aromatic heterocycles. The van der Waals surface area contributed by atoms with Crippen LogP contribution >= 0.6 is 11.6 Å². The SMILES string of the molecule is O=C([O-])c1ccc(S(=O)(=O)Nc2cccc(Cl)c2)cc1. The molecule has 2 aromatic rings. The topological polar surface area (TPSA) is 86.3 Å². The van der Waals surface area contributed by atoms with Crippen LogP contribution in [0.2, 0.25) is 5.02 Å². The van der Waals surface area contributed by atoms with Crippen molar-refractivity contribution in [1.82, 2.24) is 0 Å². The van der Waals surface area contributed by atoms with Crippen LogP contribution in [0.5, 0.6) is 0 Å². The maximum Gasteiger partial charge on any atom is 0.261 e. The molecule has 2 rings (SSSR count). The number of carboxylic acids is 1. The first-order valence-corrected chi connectivity index (χ1v) is 7.34. The number of nitrogens with one attached hydrogen (secondary N) is 1. The minimum atomic E-state index is -3.79. The number of benzene rings is 2. The van der Waals surface area contributed by atoms with Crippen molar-refractivity contribution in [2.24, 2.45) is 0 Å². The van der Waals surface area contributed by atoms with Crippen LogP contribution in [0, 0.1) is 0 Å². The van der Waals surface area contributed by atoms with Gasteiger partial charge in [-0.15, -0.1) is 0 Å². The lowest BCUT2D eigenvalue weighted by atomic mass is 10.2. The van der Waals surface area contributed by atoms with E-state index < -0.39 is 16.0 Å². The number of anilines is 1. The Morgan fingerprint density at radius 1 is 1.10 bits per heavy atom. The zero-order valence-corrected chi connectivity index (χ0v) is 11.6. The van der Waals surface area contributed by atoms with Crippen molar-refractivity contribution in [3.8, 4) is 0 Å². The minimum absolute atomic E-state index is 0.0533. The molecule has 0 aliphatic heterocycles. The molecule has 0 spiro atoms. The molecule has 0 heterocycles. The summed E-state index contributed by atoms with van der Waals surface area (Å²) in [6.07, 6.45) is 0. The Bertz CT molecular complexity index is 741. The van der Waals surface area contributed by atoms with Crippen LogP contribution < -0.4 is 9.83 Å². The summed E-state index contributed by atoms with van der Waals surface area (Å²) in [5.41, 5.74) is 0.230. The van der Waals surface area contributed by atoms with Crippen LogP contribution in [0.3, 0.4) is 0 Å². The van der Waals surface area contributed by atoms with E-state index in [1.54, 1.807) is 18.2 Å². The van der Waals surface area contributed by atoms with E-state index in [0.717, 1.165) is 0 Å². The van der Waals surface area contributed by atoms with Crippen molar-refractivity contribution >= 4 is 33.3 Å². The first kappa shape index (κ1) is 14.4. The molecule has 0 atom stereocenters. The highest BCUT2D eigenvalue weighted by atomic mass is 35.5. The van der Waals surface area contributed by atoms with Gasteiger partial charge in [0.15, 0.2) is 0 Å². The Balaban J connectivity index is 2.28. The second-order valence-corrected chi connectivity index (χ2v) is 6.05. The van der Waals surface area contributed by atoms with Gasteiger partial charge in [-0.2, -0.15) is 0 Å². The number of carbonyl (C=O) groups excluding carboxylic acids is 1. The zero-order valence-electron chi connectivity index (χ0n) is 10.0. The monoisotopic (exact) mass is 310 g/mol. The normalized spacial score (nSPS) is 11.1. The lowest BCUT2D eigenvalue weighted by molar-refractivity contribution is -0.255. The van der Waals surface area contributed by atoms with E-state index in [0.29, 0.717) is 10.7 Å². The Hall–Kier alpha value is -2.05. The largest absolute Gasteiger partial charge is 0.545 e. The first-order valence-electron chi connectivity index (χ1n) is 5.48. The molecule has 0 amide bonds. The average Bonchev–Trinajstić information content (AvgIpc) is 2.38. The second kappa shape index (κ2) is 5.52. The van der Waals surface area contributed by atoms with Gasteiger partial charge in [0.05, 0.1) is 16.6 Å². The molecule has 7 heteroatoms. The summed E-state index contributed by atoms with van der Waals surface area (Å²) >= 11 is 5.77. The van der Waals surface area contributed by atoms with Crippen molar-refractivity contribution in [2.75, 3.05) is 4.72 Å².